The van der Waals surface area contributed by atoms with Gasteiger partial charge in [-0.05, 0) is 24.0 Å². The zero-order chi connectivity index (χ0) is 19.7. The van der Waals surface area contributed by atoms with Gasteiger partial charge in [0.05, 0.1) is 0 Å². The van der Waals surface area contributed by atoms with E-state index in [1.165, 1.54) is 25.1 Å². The van der Waals surface area contributed by atoms with Crippen LogP contribution >= 0.6 is 0 Å². The van der Waals surface area contributed by atoms with Gasteiger partial charge in [0.2, 0.25) is 6.79 Å². The summed E-state index contributed by atoms with van der Waals surface area (Å²) in [6, 6.07) is 2.63. The molecule has 144 valence electrons. The SMILES string of the molecule is CN(C)C(=O)COC(=O)OCOC(=O)c1c(F)ccc2c1OB(O)C1CC21. The average molecular weight is 381 g/mol. The van der Waals surface area contributed by atoms with Crippen LogP contribution in [0, 0.1) is 5.82 Å². The molecule has 1 aromatic carbocycles. The Morgan fingerprint density at radius 2 is 2.04 bits per heavy atom. The first-order chi connectivity index (χ1) is 12.8. The lowest BCUT2D eigenvalue weighted by Gasteiger charge is -2.21. The maximum Gasteiger partial charge on any atom is 0.526 e. The van der Waals surface area contributed by atoms with Gasteiger partial charge in [0.15, 0.2) is 6.61 Å². The van der Waals surface area contributed by atoms with Gasteiger partial charge in [-0.25, -0.2) is 14.0 Å². The molecule has 0 spiro atoms. The molecule has 27 heavy (non-hydrogen) atoms. The van der Waals surface area contributed by atoms with Crippen LogP contribution in [0.3, 0.4) is 0 Å². The molecule has 9 nitrogen and oxygen atoms in total. The number of likely N-dealkylation sites (N-methyl/N-ethyl adjacent to an activating group) is 1. The Morgan fingerprint density at radius 1 is 1.30 bits per heavy atom. The van der Waals surface area contributed by atoms with Crippen LogP contribution in [0.5, 0.6) is 5.75 Å². The van der Waals surface area contributed by atoms with Crippen molar-refractivity contribution in [1.82, 2.24) is 4.90 Å². The van der Waals surface area contributed by atoms with Crippen molar-refractivity contribution in [3.63, 3.8) is 0 Å². The first-order valence-electron chi connectivity index (χ1n) is 8.13. The number of carbonyl (C=O) groups is 3. The van der Waals surface area contributed by atoms with Crippen molar-refractivity contribution in [1.29, 1.82) is 0 Å². The molecule has 1 fully saturated rings. The lowest BCUT2D eigenvalue weighted by molar-refractivity contribution is -0.133. The summed E-state index contributed by atoms with van der Waals surface area (Å²) >= 11 is 0. The molecular formula is C16H17BFNO8. The van der Waals surface area contributed by atoms with Crippen LogP contribution in [0.25, 0.3) is 0 Å². The van der Waals surface area contributed by atoms with Crippen LogP contribution in [0.1, 0.15) is 28.3 Å². The molecule has 1 amide bonds. The molecule has 2 aliphatic rings. The number of ether oxygens (including phenoxy) is 3. The van der Waals surface area contributed by atoms with E-state index in [1.54, 1.807) is 0 Å². The second-order valence-electron chi connectivity index (χ2n) is 6.38. The lowest BCUT2D eigenvalue weighted by Crippen LogP contribution is -2.28. The Hall–Kier alpha value is -2.82. The first kappa shape index (κ1) is 19.0. The van der Waals surface area contributed by atoms with Gasteiger partial charge in [0, 0.05) is 19.9 Å². The van der Waals surface area contributed by atoms with Crippen LogP contribution in [-0.4, -0.2) is 62.6 Å². The van der Waals surface area contributed by atoms with E-state index >= 15 is 0 Å². The molecule has 0 bridgehead atoms. The second-order valence-corrected chi connectivity index (χ2v) is 6.38. The summed E-state index contributed by atoms with van der Waals surface area (Å²) in [4.78, 5) is 36.0. The molecule has 1 aliphatic carbocycles. The number of nitrogens with zero attached hydrogens (tertiary/aromatic N) is 1. The van der Waals surface area contributed by atoms with E-state index in [-0.39, 0.29) is 17.5 Å². The van der Waals surface area contributed by atoms with Gasteiger partial charge >= 0.3 is 19.2 Å². The maximum absolute atomic E-state index is 14.1. The number of carbonyl (C=O) groups excluding carboxylic acids is 3. The van der Waals surface area contributed by atoms with Crippen LogP contribution < -0.4 is 4.65 Å². The standard InChI is InChI=1S/C16H17BFNO8/c1-19(2)12(20)6-24-16(22)26-7-25-15(21)13-11(18)4-3-8-9-5-10(9)17(23)27-14(8)13/h3-4,9-10,23H,5-7H2,1-2H3. The Kier molecular flexibility index (Phi) is 5.22. The van der Waals surface area contributed by atoms with Gasteiger partial charge in [-0.2, -0.15) is 0 Å². The number of hydrogen-bond acceptors (Lipinski definition) is 8. The van der Waals surface area contributed by atoms with E-state index in [9.17, 15) is 23.8 Å². The van der Waals surface area contributed by atoms with Crippen molar-refractivity contribution >= 4 is 25.2 Å². The molecule has 1 heterocycles. The predicted molar refractivity (Wildman–Crippen MR) is 87.5 cm³/mol. The number of esters is 1. The zero-order valence-corrected chi connectivity index (χ0v) is 14.6. The molecule has 1 saturated carbocycles. The molecule has 0 radical (unpaired) electrons. The Balaban J connectivity index is 1.57. The third-order valence-electron chi connectivity index (χ3n) is 4.36. The van der Waals surface area contributed by atoms with Gasteiger partial charge in [-0.1, -0.05) is 6.07 Å². The summed E-state index contributed by atoms with van der Waals surface area (Å²) in [7, 11) is 1.85. The van der Waals surface area contributed by atoms with E-state index < -0.39 is 49.9 Å². The Labute approximate surface area is 154 Å². The first-order valence-corrected chi connectivity index (χ1v) is 8.13. The smallest absolute Gasteiger partial charge is 0.526 e. The lowest BCUT2D eigenvalue weighted by atomic mass is 9.77. The molecule has 3 rings (SSSR count). The van der Waals surface area contributed by atoms with Gasteiger partial charge in [-0.3, -0.25) is 4.79 Å². The number of benzene rings is 1. The molecular weight excluding hydrogens is 364 g/mol. The molecule has 1 aliphatic heterocycles. The summed E-state index contributed by atoms with van der Waals surface area (Å²) in [5.41, 5.74) is 0.151. The van der Waals surface area contributed by atoms with Crippen LogP contribution in [0.2, 0.25) is 5.82 Å². The summed E-state index contributed by atoms with van der Waals surface area (Å²) in [6.45, 7) is -1.37. The van der Waals surface area contributed by atoms with Crippen molar-refractivity contribution in [2.45, 2.75) is 18.2 Å². The van der Waals surface area contributed by atoms with Crippen LogP contribution in [-0.2, 0) is 19.0 Å². The van der Waals surface area contributed by atoms with E-state index in [0.29, 0.717) is 12.0 Å². The molecule has 2 atom stereocenters. The Bertz CT molecular complexity index is 786. The van der Waals surface area contributed by atoms with Crippen molar-refractivity contribution in [3.8, 4) is 5.75 Å². The average Bonchev–Trinajstić information content (AvgIpc) is 3.40. The minimum absolute atomic E-state index is 0.0105. The molecule has 1 aromatic rings. The fourth-order valence-corrected chi connectivity index (χ4v) is 2.77. The summed E-state index contributed by atoms with van der Waals surface area (Å²) < 4.78 is 33.2. The fraction of sp³-hybridized carbons (Fsp3) is 0.438. The highest BCUT2D eigenvalue weighted by molar-refractivity contribution is 6.48. The van der Waals surface area contributed by atoms with E-state index in [4.69, 9.17) is 9.39 Å². The van der Waals surface area contributed by atoms with Crippen molar-refractivity contribution in [2.24, 2.45) is 0 Å². The minimum Gasteiger partial charge on any atom is -0.535 e. The van der Waals surface area contributed by atoms with Gasteiger partial charge in [-0.15, -0.1) is 0 Å². The van der Waals surface area contributed by atoms with Gasteiger partial charge < -0.3 is 28.8 Å². The van der Waals surface area contributed by atoms with Gasteiger partial charge in [0.1, 0.15) is 17.1 Å². The van der Waals surface area contributed by atoms with Crippen molar-refractivity contribution in [2.75, 3.05) is 27.5 Å². The third kappa shape index (κ3) is 3.97. The van der Waals surface area contributed by atoms with Crippen LogP contribution in [0.15, 0.2) is 12.1 Å². The number of amides is 1. The number of hydrogen-bond donors (Lipinski definition) is 1. The summed E-state index contributed by atoms with van der Waals surface area (Å²) in [6.07, 6.45) is -0.532. The second kappa shape index (κ2) is 7.43. The van der Waals surface area contributed by atoms with Crippen LogP contribution in [0.4, 0.5) is 9.18 Å². The highest BCUT2D eigenvalue weighted by atomic mass is 19.1. The maximum atomic E-state index is 14.1. The largest absolute Gasteiger partial charge is 0.535 e. The highest BCUT2D eigenvalue weighted by Gasteiger charge is 2.54. The monoisotopic (exact) mass is 381 g/mol. The number of fused-ring (bicyclic) bond motifs is 3. The molecule has 0 saturated heterocycles. The summed E-state index contributed by atoms with van der Waals surface area (Å²) in [5.74, 6) is -2.58. The number of rotatable bonds is 5. The van der Waals surface area contributed by atoms with E-state index in [2.05, 4.69) is 9.47 Å². The van der Waals surface area contributed by atoms with Crippen molar-refractivity contribution in [3.05, 3.63) is 29.1 Å². The quantitative estimate of drug-likeness (QED) is 0.455. The topological polar surface area (TPSA) is 112 Å². The molecule has 2 unspecified atom stereocenters. The van der Waals surface area contributed by atoms with E-state index in [1.807, 2.05) is 0 Å². The minimum atomic E-state index is -1.22. The van der Waals surface area contributed by atoms with Gasteiger partial charge in [0.25, 0.3) is 5.91 Å². The molecule has 11 heteroatoms. The normalized spacial score (nSPS) is 19.2. The molecule has 1 N–H and O–H groups in total. The third-order valence-corrected chi connectivity index (χ3v) is 4.36. The van der Waals surface area contributed by atoms with E-state index in [0.717, 1.165) is 6.07 Å². The summed E-state index contributed by atoms with van der Waals surface area (Å²) in [5, 5.41) is 9.84. The number of halogens is 1. The fourth-order valence-electron chi connectivity index (χ4n) is 2.77. The van der Waals surface area contributed by atoms with Crippen molar-refractivity contribution < 1.29 is 42.7 Å². The zero-order valence-electron chi connectivity index (χ0n) is 14.6. The predicted octanol–water partition coefficient (Wildman–Crippen LogP) is 0.912. The highest BCUT2D eigenvalue weighted by Crippen LogP contribution is 2.60. The molecule has 0 aromatic heterocycles. The Morgan fingerprint density at radius 3 is 2.74 bits per heavy atom.